The lowest BCUT2D eigenvalue weighted by molar-refractivity contribution is 0.510. The van der Waals surface area contributed by atoms with Crippen LogP contribution in [0.25, 0.3) is 0 Å². The van der Waals surface area contributed by atoms with Gasteiger partial charge in [-0.05, 0) is 31.9 Å². The first-order valence-corrected chi connectivity index (χ1v) is 10.3. The van der Waals surface area contributed by atoms with Crippen LogP contribution in [0.15, 0.2) is 16.3 Å². The number of sulfonamides is 1. The molecule has 1 aromatic heterocycles. The molecule has 1 fully saturated rings. The molecular weight excluding hydrogens is 304 g/mol. The Morgan fingerprint density at radius 1 is 1.24 bits per heavy atom. The van der Waals surface area contributed by atoms with Crippen molar-refractivity contribution in [3.8, 4) is 0 Å². The van der Waals surface area contributed by atoms with Gasteiger partial charge >= 0.3 is 0 Å². The predicted molar refractivity (Wildman–Crippen MR) is 88.1 cm³/mol. The van der Waals surface area contributed by atoms with E-state index >= 15 is 0 Å². The van der Waals surface area contributed by atoms with Crippen molar-refractivity contribution in [3.05, 3.63) is 16.3 Å². The molecule has 6 heteroatoms. The highest BCUT2D eigenvalue weighted by atomic mass is 32.2. The standard InChI is InChI=1S/C15H26N2O2S2/c1-2-9-16-11-14-10-15(12-20-14)21(18,19)17-13-7-5-3-4-6-8-13/h10,12-13,16-17H,2-9,11H2,1H3. The largest absolute Gasteiger partial charge is 0.312 e. The molecule has 0 unspecified atom stereocenters. The van der Waals surface area contributed by atoms with Crippen LogP contribution in [0.1, 0.15) is 56.7 Å². The molecule has 120 valence electrons. The molecule has 1 aromatic rings. The monoisotopic (exact) mass is 330 g/mol. The van der Waals surface area contributed by atoms with Crippen molar-refractivity contribution in [3.63, 3.8) is 0 Å². The van der Waals surface area contributed by atoms with Gasteiger partial charge in [0.05, 0.1) is 4.90 Å². The minimum Gasteiger partial charge on any atom is -0.312 e. The summed E-state index contributed by atoms with van der Waals surface area (Å²) in [5.74, 6) is 0. The van der Waals surface area contributed by atoms with Crippen molar-refractivity contribution in [2.45, 2.75) is 69.4 Å². The molecule has 0 saturated heterocycles. The Bertz CT molecular complexity index is 518. The molecule has 1 heterocycles. The molecule has 0 amide bonds. The Hall–Kier alpha value is -0.430. The van der Waals surface area contributed by atoms with Gasteiger partial charge in [0, 0.05) is 22.8 Å². The minimum absolute atomic E-state index is 0.110. The zero-order valence-corrected chi connectivity index (χ0v) is 14.4. The maximum Gasteiger partial charge on any atom is 0.241 e. The van der Waals surface area contributed by atoms with Gasteiger partial charge < -0.3 is 5.32 Å². The third kappa shape index (κ3) is 5.36. The van der Waals surface area contributed by atoms with E-state index < -0.39 is 10.0 Å². The lowest BCUT2D eigenvalue weighted by atomic mass is 10.1. The molecule has 0 radical (unpaired) electrons. The molecule has 2 rings (SSSR count). The summed E-state index contributed by atoms with van der Waals surface area (Å²) in [5, 5.41) is 5.05. The Labute approximate surface area is 132 Å². The van der Waals surface area contributed by atoms with Crippen LogP contribution in [0, 0.1) is 0 Å². The Kier molecular flexibility index (Phi) is 6.67. The Morgan fingerprint density at radius 3 is 2.62 bits per heavy atom. The molecule has 1 aliphatic rings. The summed E-state index contributed by atoms with van der Waals surface area (Å²) in [4.78, 5) is 1.50. The molecule has 21 heavy (non-hydrogen) atoms. The number of rotatable bonds is 7. The average Bonchev–Trinajstić information content (AvgIpc) is 2.79. The van der Waals surface area contributed by atoms with Crippen LogP contribution < -0.4 is 10.0 Å². The number of hydrogen-bond donors (Lipinski definition) is 2. The number of nitrogens with one attached hydrogen (secondary N) is 2. The number of thiophene rings is 1. The smallest absolute Gasteiger partial charge is 0.241 e. The van der Waals surface area contributed by atoms with Gasteiger partial charge in [-0.1, -0.05) is 32.6 Å². The summed E-state index contributed by atoms with van der Waals surface area (Å²) in [7, 11) is -3.35. The second-order valence-electron chi connectivity index (χ2n) is 5.74. The lowest BCUT2D eigenvalue weighted by Crippen LogP contribution is -2.34. The normalized spacial score (nSPS) is 17.8. The molecule has 0 bridgehead atoms. The highest BCUT2D eigenvalue weighted by Gasteiger charge is 2.22. The fourth-order valence-corrected chi connectivity index (χ4v) is 5.22. The third-order valence-electron chi connectivity index (χ3n) is 3.84. The van der Waals surface area contributed by atoms with Crippen LogP contribution >= 0.6 is 11.3 Å². The first-order chi connectivity index (χ1) is 10.1. The van der Waals surface area contributed by atoms with Crippen LogP contribution in [0.5, 0.6) is 0 Å². The molecule has 1 aliphatic carbocycles. The molecule has 0 atom stereocenters. The highest BCUT2D eigenvalue weighted by Crippen LogP contribution is 2.22. The van der Waals surface area contributed by atoms with E-state index in [2.05, 4.69) is 17.0 Å². The second kappa shape index (κ2) is 8.27. The molecule has 4 nitrogen and oxygen atoms in total. The summed E-state index contributed by atoms with van der Waals surface area (Å²) in [6, 6.07) is 1.91. The maximum atomic E-state index is 12.4. The van der Waals surface area contributed by atoms with Gasteiger partial charge in [-0.2, -0.15) is 0 Å². The van der Waals surface area contributed by atoms with Crippen molar-refractivity contribution in [1.82, 2.24) is 10.0 Å². The SMILES string of the molecule is CCCNCc1cc(S(=O)(=O)NC2CCCCCC2)cs1. The highest BCUT2D eigenvalue weighted by molar-refractivity contribution is 7.89. The summed E-state index contributed by atoms with van der Waals surface area (Å²) < 4.78 is 27.8. The van der Waals surface area contributed by atoms with Crippen molar-refractivity contribution in [1.29, 1.82) is 0 Å². The zero-order valence-electron chi connectivity index (χ0n) is 12.7. The fraction of sp³-hybridized carbons (Fsp3) is 0.733. The summed E-state index contributed by atoms with van der Waals surface area (Å²) in [5.41, 5.74) is 0. The Balaban J connectivity index is 1.95. The van der Waals surface area contributed by atoms with E-state index in [1.165, 1.54) is 24.2 Å². The van der Waals surface area contributed by atoms with Crippen LogP contribution in [-0.4, -0.2) is 21.0 Å². The molecule has 2 N–H and O–H groups in total. The topological polar surface area (TPSA) is 58.2 Å². The van der Waals surface area contributed by atoms with E-state index in [1.54, 1.807) is 11.4 Å². The average molecular weight is 331 g/mol. The third-order valence-corrected chi connectivity index (χ3v) is 6.43. The van der Waals surface area contributed by atoms with E-state index in [0.717, 1.165) is 50.1 Å². The Morgan fingerprint density at radius 2 is 1.95 bits per heavy atom. The first-order valence-electron chi connectivity index (χ1n) is 7.92. The van der Waals surface area contributed by atoms with Crippen molar-refractivity contribution < 1.29 is 8.42 Å². The van der Waals surface area contributed by atoms with Gasteiger partial charge in [0.1, 0.15) is 0 Å². The van der Waals surface area contributed by atoms with E-state index in [-0.39, 0.29) is 6.04 Å². The van der Waals surface area contributed by atoms with Gasteiger partial charge in [-0.3, -0.25) is 0 Å². The van der Waals surface area contributed by atoms with Crippen LogP contribution in [0.3, 0.4) is 0 Å². The van der Waals surface area contributed by atoms with E-state index in [4.69, 9.17) is 0 Å². The van der Waals surface area contributed by atoms with Crippen molar-refractivity contribution >= 4 is 21.4 Å². The molecular formula is C15H26N2O2S2. The zero-order chi connectivity index (χ0) is 15.1. The van der Waals surface area contributed by atoms with E-state index in [1.807, 2.05) is 0 Å². The van der Waals surface area contributed by atoms with Gasteiger partial charge in [0.25, 0.3) is 0 Å². The van der Waals surface area contributed by atoms with Crippen molar-refractivity contribution in [2.75, 3.05) is 6.54 Å². The quantitative estimate of drug-likeness (QED) is 0.596. The lowest BCUT2D eigenvalue weighted by Gasteiger charge is -2.15. The van der Waals surface area contributed by atoms with E-state index in [0.29, 0.717) is 4.90 Å². The summed E-state index contributed by atoms with van der Waals surface area (Å²) in [6.07, 6.45) is 7.72. The summed E-state index contributed by atoms with van der Waals surface area (Å²) >= 11 is 1.51. The predicted octanol–water partition coefficient (Wildman–Crippen LogP) is 3.25. The van der Waals surface area contributed by atoms with Gasteiger partial charge in [0.2, 0.25) is 10.0 Å². The van der Waals surface area contributed by atoms with Crippen molar-refractivity contribution in [2.24, 2.45) is 0 Å². The minimum atomic E-state index is -3.35. The van der Waals surface area contributed by atoms with Crippen LogP contribution in [0.4, 0.5) is 0 Å². The first kappa shape index (κ1) is 16.9. The second-order valence-corrected chi connectivity index (χ2v) is 8.45. The van der Waals surface area contributed by atoms with Gasteiger partial charge in [0.15, 0.2) is 0 Å². The van der Waals surface area contributed by atoms with Gasteiger partial charge in [-0.15, -0.1) is 11.3 Å². The molecule has 1 saturated carbocycles. The fourth-order valence-electron chi connectivity index (χ4n) is 2.67. The number of hydrogen-bond acceptors (Lipinski definition) is 4. The van der Waals surface area contributed by atoms with Crippen LogP contribution in [-0.2, 0) is 16.6 Å². The maximum absolute atomic E-state index is 12.4. The molecule has 0 aromatic carbocycles. The van der Waals surface area contributed by atoms with Gasteiger partial charge in [-0.25, -0.2) is 13.1 Å². The van der Waals surface area contributed by atoms with Crippen LogP contribution in [0.2, 0.25) is 0 Å². The molecule has 0 spiro atoms. The summed E-state index contributed by atoms with van der Waals surface area (Å²) in [6.45, 7) is 3.83. The van der Waals surface area contributed by atoms with E-state index in [9.17, 15) is 8.42 Å². The molecule has 0 aliphatic heterocycles.